The Morgan fingerprint density at radius 2 is 1.70 bits per heavy atom. The molecule has 0 unspecified atom stereocenters. The number of ether oxygens (including phenoxy) is 2. The summed E-state index contributed by atoms with van der Waals surface area (Å²) in [6, 6.07) is 12.7. The number of benzene rings is 2. The molecule has 9 nitrogen and oxygen atoms in total. The summed E-state index contributed by atoms with van der Waals surface area (Å²) in [7, 11) is 0. The van der Waals surface area contributed by atoms with Gasteiger partial charge in [-0.3, -0.25) is 0 Å². The molecule has 4 rings (SSSR count). The fourth-order valence-electron chi connectivity index (χ4n) is 3.48. The van der Waals surface area contributed by atoms with E-state index in [0.717, 1.165) is 0 Å². The molecule has 0 saturated carbocycles. The van der Waals surface area contributed by atoms with E-state index in [9.17, 15) is 30.3 Å². The number of phenolic OH excluding ortho intramolecular Hbond substituents is 1. The smallest absolute Gasteiger partial charge is 0.336 e. The van der Waals surface area contributed by atoms with Crippen LogP contribution in [0.4, 0.5) is 0 Å². The molecule has 0 amide bonds. The van der Waals surface area contributed by atoms with Crippen molar-refractivity contribution in [2.45, 2.75) is 30.7 Å². The molecule has 5 N–H and O–H groups in total. The zero-order valence-corrected chi connectivity index (χ0v) is 15.6. The Bertz CT molecular complexity index is 1090. The number of hydrogen-bond acceptors (Lipinski definition) is 9. The lowest BCUT2D eigenvalue weighted by atomic mass is 9.99. The summed E-state index contributed by atoms with van der Waals surface area (Å²) >= 11 is 0. The monoisotopic (exact) mass is 416 g/mol. The van der Waals surface area contributed by atoms with Crippen LogP contribution in [0.1, 0.15) is 0 Å². The SMILES string of the molecule is O=c1cc(-c2ccccc2)c2c(O[C@H]3O[C@H](CO)[C@@H](O)[C@H](O)[C@H]3O)cc(O)cc2o1. The van der Waals surface area contributed by atoms with Crippen molar-refractivity contribution in [3.8, 4) is 22.6 Å². The van der Waals surface area contributed by atoms with E-state index in [1.807, 2.05) is 6.07 Å². The van der Waals surface area contributed by atoms with Crippen molar-refractivity contribution in [1.82, 2.24) is 0 Å². The zero-order valence-electron chi connectivity index (χ0n) is 15.6. The first-order chi connectivity index (χ1) is 14.4. The van der Waals surface area contributed by atoms with Gasteiger partial charge in [-0.25, -0.2) is 4.79 Å². The molecule has 30 heavy (non-hydrogen) atoms. The second kappa shape index (κ2) is 8.05. The zero-order chi connectivity index (χ0) is 21.4. The van der Waals surface area contributed by atoms with Crippen LogP contribution in [0.25, 0.3) is 22.1 Å². The molecule has 1 aliphatic rings. The van der Waals surface area contributed by atoms with Crippen molar-refractivity contribution in [3.05, 3.63) is 59.0 Å². The molecule has 2 aromatic carbocycles. The normalized spacial score (nSPS) is 26.6. The first-order valence-corrected chi connectivity index (χ1v) is 9.22. The Morgan fingerprint density at radius 3 is 2.40 bits per heavy atom. The molecular formula is C21H20O9. The van der Waals surface area contributed by atoms with E-state index in [0.29, 0.717) is 16.5 Å². The van der Waals surface area contributed by atoms with Crippen molar-refractivity contribution in [2.24, 2.45) is 0 Å². The molecule has 3 aromatic rings. The molecule has 0 radical (unpaired) electrons. The Labute approximate surface area is 170 Å². The molecule has 2 heterocycles. The largest absolute Gasteiger partial charge is 0.508 e. The van der Waals surface area contributed by atoms with E-state index in [4.69, 9.17) is 13.9 Å². The van der Waals surface area contributed by atoms with Crippen molar-refractivity contribution in [3.63, 3.8) is 0 Å². The number of fused-ring (bicyclic) bond motifs is 1. The molecule has 0 bridgehead atoms. The van der Waals surface area contributed by atoms with Gasteiger partial charge in [0, 0.05) is 23.8 Å². The predicted molar refractivity (Wildman–Crippen MR) is 104 cm³/mol. The van der Waals surface area contributed by atoms with Gasteiger partial charge in [-0.05, 0) is 5.56 Å². The summed E-state index contributed by atoms with van der Waals surface area (Å²) in [5.41, 5.74) is 0.549. The Kier molecular flexibility index (Phi) is 5.46. The van der Waals surface area contributed by atoms with E-state index in [1.165, 1.54) is 18.2 Å². The van der Waals surface area contributed by atoms with E-state index in [2.05, 4.69) is 0 Å². The van der Waals surface area contributed by atoms with Gasteiger partial charge in [0.25, 0.3) is 0 Å². The quantitative estimate of drug-likeness (QED) is 0.380. The summed E-state index contributed by atoms with van der Waals surface area (Å²) < 4.78 is 16.3. The van der Waals surface area contributed by atoms with Gasteiger partial charge in [-0.1, -0.05) is 30.3 Å². The molecule has 158 valence electrons. The minimum atomic E-state index is -1.64. The molecular weight excluding hydrogens is 396 g/mol. The summed E-state index contributed by atoms with van der Waals surface area (Å²) in [4.78, 5) is 12.1. The minimum absolute atomic E-state index is 0.0110. The minimum Gasteiger partial charge on any atom is -0.508 e. The van der Waals surface area contributed by atoms with E-state index < -0.39 is 42.9 Å². The highest BCUT2D eigenvalue weighted by Crippen LogP contribution is 2.38. The second-order valence-corrected chi connectivity index (χ2v) is 6.98. The highest BCUT2D eigenvalue weighted by molar-refractivity contribution is 5.98. The number of aliphatic hydroxyl groups excluding tert-OH is 4. The summed E-state index contributed by atoms with van der Waals surface area (Å²) in [6.07, 6.45) is -7.44. The number of phenols is 1. The maximum Gasteiger partial charge on any atom is 0.336 e. The molecule has 9 heteroatoms. The molecule has 0 spiro atoms. The van der Waals surface area contributed by atoms with Crippen LogP contribution in [-0.2, 0) is 4.74 Å². The highest BCUT2D eigenvalue weighted by Gasteiger charge is 2.45. The van der Waals surface area contributed by atoms with Crippen LogP contribution >= 0.6 is 0 Å². The number of hydrogen-bond donors (Lipinski definition) is 5. The molecule has 1 aromatic heterocycles. The highest BCUT2D eigenvalue weighted by atomic mass is 16.7. The maximum absolute atomic E-state index is 12.1. The Hall–Kier alpha value is -2.95. The Morgan fingerprint density at radius 1 is 0.967 bits per heavy atom. The fraction of sp³-hybridized carbons (Fsp3) is 0.286. The van der Waals surface area contributed by atoms with Crippen LogP contribution in [0.15, 0.2) is 57.7 Å². The molecule has 1 fully saturated rings. The number of rotatable bonds is 4. The first-order valence-electron chi connectivity index (χ1n) is 9.22. The second-order valence-electron chi connectivity index (χ2n) is 6.98. The molecule has 1 aliphatic heterocycles. The molecule has 0 aliphatic carbocycles. The number of aliphatic hydroxyl groups is 4. The van der Waals surface area contributed by atoms with E-state index >= 15 is 0 Å². The topological polar surface area (TPSA) is 150 Å². The van der Waals surface area contributed by atoms with E-state index in [-0.39, 0.29) is 17.1 Å². The molecule has 1 saturated heterocycles. The average Bonchev–Trinajstić information content (AvgIpc) is 2.73. The predicted octanol–water partition coefficient (Wildman–Crippen LogP) is 0.344. The standard InChI is InChI=1S/C21H20O9/c22-9-15-18(25)19(26)20(27)21(30-15)29-14-7-11(23)6-13-17(14)12(8-16(24)28-13)10-4-2-1-3-5-10/h1-8,15,18-23,25-27H,9H2/t15-,18-,19+,20-,21+/m1/s1. The number of aromatic hydroxyl groups is 1. The van der Waals surface area contributed by atoms with Crippen molar-refractivity contribution in [2.75, 3.05) is 6.61 Å². The van der Waals surface area contributed by atoms with Gasteiger partial charge in [0.15, 0.2) is 0 Å². The van der Waals surface area contributed by atoms with Crippen LogP contribution in [0.3, 0.4) is 0 Å². The van der Waals surface area contributed by atoms with Gasteiger partial charge >= 0.3 is 5.63 Å². The summed E-state index contributed by atoms with van der Waals surface area (Å²) in [6.45, 7) is -0.615. The van der Waals surface area contributed by atoms with Crippen LogP contribution in [0.2, 0.25) is 0 Å². The summed E-state index contributed by atoms with van der Waals surface area (Å²) in [5.74, 6) is -0.257. The lowest BCUT2D eigenvalue weighted by molar-refractivity contribution is -0.277. The third-order valence-electron chi connectivity index (χ3n) is 4.97. The van der Waals surface area contributed by atoms with Gasteiger partial charge in [0.1, 0.15) is 41.5 Å². The van der Waals surface area contributed by atoms with Crippen LogP contribution < -0.4 is 10.4 Å². The van der Waals surface area contributed by atoms with Crippen molar-refractivity contribution < 1.29 is 39.4 Å². The lowest BCUT2D eigenvalue weighted by Crippen LogP contribution is -2.60. The third kappa shape index (κ3) is 3.64. The van der Waals surface area contributed by atoms with Gasteiger partial charge < -0.3 is 39.4 Å². The van der Waals surface area contributed by atoms with Crippen LogP contribution in [0.5, 0.6) is 11.5 Å². The third-order valence-corrected chi connectivity index (χ3v) is 4.97. The average molecular weight is 416 g/mol. The van der Waals surface area contributed by atoms with E-state index in [1.54, 1.807) is 24.3 Å². The van der Waals surface area contributed by atoms with Crippen LogP contribution in [-0.4, -0.2) is 62.8 Å². The lowest BCUT2D eigenvalue weighted by Gasteiger charge is -2.39. The molecule has 5 atom stereocenters. The van der Waals surface area contributed by atoms with Crippen molar-refractivity contribution >= 4 is 11.0 Å². The van der Waals surface area contributed by atoms with Gasteiger partial charge in [-0.15, -0.1) is 0 Å². The van der Waals surface area contributed by atoms with Crippen LogP contribution in [0, 0.1) is 0 Å². The van der Waals surface area contributed by atoms with Gasteiger partial charge in [-0.2, -0.15) is 0 Å². The van der Waals surface area contributed by atoms with Gasteiger partial charge in [0.05, 0.1) is 12.0 Å². The maximum atomic E-state index is 12.1. The Balaban J connectivity index is 1.84. The summed E-state index contributed by atoms with van der Waals surface area (Å²) in [5, 5.41) is 50.0. The van der Waals surface area contributed by atoms with Gasteiger partial charge in [0.2, 0.25) is 6.29 Å². The van der Waals surface area contributed by atoms with Crippen molar-refractivity contribution in [1.29, 1.82) is 0 Å². The first kappa shape index (κ1) is 20.3. The fourth-order valence-corrected chi connectivity index (χ4v) is 3.48.